The lowest BCUT2D eigenvalue weighted by atomic mass is 9.96. The molecular weight excluding hydrogens is 750 g/mol. The monoisotopic (exact) mass is 782 g/mol. The number of para-hydroxylation sites is 4. The summed E-state index contributed by atoms with van der Waals surface area (Å²) in [6.45, 7) is 0. The first-order valence-corrected chi connectivity index (χ1v) is 19.7. The molecule has 0 saturated heterocycles. The van der Waals surface area contributed by atoms with Crippen LogP contribution >= 0.6 is 0 Å². The first kappa shape index (κ1) is 35.4. The standard InChI is InChI=1S/C53H33F3N4/c54-53(55,56)37-28-30-51-43(32-37)41-22-10-14-26-49(41)60(51)50-29-27-36(45-33-44(34-15-3-1-4-16-34)57-52(58-45)35-17-5-2-6-18-35)31-42(50)40-21-9-13-25-48(40)59-46-23-11-7-19-38(46)39-20-8-12-24-47(39)59/h1-33H. The van der Waals surface area contributed by atoms with Crippen LogP contribution in [0.4, 0.5) is 13.2 Å². The van der Waals surface area contributed by atoms with Gasteiger partial charge in [0.2, 0.25) is 0 Å². The highest BCUT2D eigenvalue weighted by Crippen LogP contribution is 2.43. The number of nitrogens with zero attached hydrogens (tertiary/aromatic N) is 4. The van der Waals surface area contributed by atoms with Crippen molar-refractivity contribution < 1.29 is 13.2 Å². The lowest BCUT2D eigenvalue weighted by Crippen LogP contribution is -2.05. The third kappa shape index (κ3) is 5.85. The van der Waals surface area contributed by atoms with Crippen molar-refractivity contribution in [3.05, 3.63) is 206 Å². The zero-order valence-corrected chi connectivity index (χ0v) is 32.0. The Labute approximate surface area is 343 Å². The van der Waals surface area contributed by atoms with Crippen LogP contribution in [0.5, 0.6) is 0 Å². The first-order valence-electron chi connectivity index (χ1n) is 19.7. The summed E-state index contributed by atoms with van der Waals surface area (Å²) in [5, 5.41) is 3.55. The fourth-order valence-electron chi connectivity index (χ4n) is 8.66. The van der Waals surface area contributed by atoms with Crippen molar-refractivity contribution in [3.8, 4) is 56.4 Å². The van der Waals surface area contributed by atoms with Gasteiger partial charge in [-0.05, 0) is 60.7 Å². The molecule has 0 aliphatic carbocycles. The molecule has 3 aromatic heterocycles. The molecule has 0 unspecified atom stereocenters. The van der Waals surface area contributed by atoms with Crippen molar-refractivity contribution in [2.24, 2.45) is 0 Å². The van der Waals surface area contributed by atoms with Gasteiger partial charge in [0.1, 0.15) is 0 Å². The second-order valence-corrected chi connectivity index (χ2v) is 14.9. The molecule has 286 valence electrons. The maximum Gasteiger partial charge on any atom is 0.416 e. The molecule has 0 aliphatic heterocycles. The van der Waals surface area contributed by atoms with Crippen LogP contribution in [-0.4, -0.2) is 19.1 Å². The third-order valence-electron chi connectivity index (χ3n) is 11.4. The molecule has 0 amide bonds. The second kappa shape index (κ2) is 14.0. The smallest absolute Gasteiger partial charge is 0.309 e. The molecule has 0 saturated carbocycles. The normalized spacial score (nSPS) is 11.9. The Hall–Kier alpha value is -7.77. The van der Waals surface area contributed by atoms with E-state index in [4.69, 9.17) is 9.97 Å². The van der Waals surface area contributed by atoms with Crippen LogP contribution < -0.4 is 0 Å². The topological polar surface area (TPSA) is 35.6 Å². The van der Waals surface area contributed by atoms with E-state index < -0.39 is 11.7 Å². The first-order chi connectivity index (χ1) is 29.4. The van der Waals surface area contributed by atoms with Crippen LogP contribution in [0.2, 0.25) is 0 Å². The van der Waals surface area contributed by atoms with Crippen molar-refractivity contribution in [2.45, 2.75) is 6.18 Å². The highest BCUT2D eigenvalue weighted by Gasteiger charge is 2.31. The lowest BCUT2D eigenvalue weighted by molar-refractivity contribution is -0.137. The summed E-state index contributed by atoms with van der Waals surface area (Å²) in [4.78, 5) is 10.2. The summed E-state index contributed by atoms with van der Waals surface area (Å²) in [5.74, 6) is 0.603. The molecule has 11 aromatic rings. The van der Waals surface area contributed by atoms with Crippen LogP contribution in [0.25, 0.3) is 100 Å². The average Bonchev–Trinajstić information content (AvgIpc) is 3.81. The van der Waals surface area contributed by atoms with Crippen LogP contribution in [0.15, 0.2) is 200 Å². The molecule has 4 nitrogen and oxygen atoms in total. The Morgan fingerprint density at radius 2 is 0.833 bits per heavy atom. The van der Waals surface area contributed by atoms with Gasteiger partial charge in [-0.2, -0.15) is 13.2 Å². The molecule has 0 spiro atoms. The largest absolute Gasteiger partial charge is 0.416 e. The van der Waals surface area contributed by atoms with Gasteiger partial charge in [0.25, 0.3) is 0 Å². The molecule has 0 bridgehead atoms. The quantitative estimate of drug-likeness (QED) is 0.168. The number of aromatic nitrogens is 4. The van der Waals surface area contributed by atoms with E-state index in [0.717, 1.165) is 83.3 Å². The molecule has 0 atom stereocenters. The fraction of sp³-hybridized carbons (Fsp3) is 0.0189. The summed E-state index contributed by atoms with van der Waals surface area (Å²) in [6.07, 6.45) is -4.49. The minimum Gasteiger partial charge on any atom is -0.309 e. The van der Waals surface area contributed by atoms with Gasteiger partial charge in [-0.25, -0.2) is 9.97 Å². The number of fused-ring (bicyclic) bond motifs is 6. The molecule has 0 N–H and O–H groups in total. The maximum atomic E-state index is 14.2. The number of rotatable bonds is 6. The van der Waals surface area contributed by atoms with Gasteiger partial charge in [0.05, 0.1) is 50.4 Å². The Kier molecular flexibility index (Phi) is 8.23. The molecule has 3 heterocycles. The average molecular weight is 783 g/mol. The number of halogens is 3. The molecule has 8 aromatic carbocycles. The van der Waals surface area contributed by atoms with Crippen molar-refractivity contribution in [2.75, 3.05) is 0 Å². The Balaban J connectivity index is 1.22. The fourth-order valence-corrected chi connectivity index (χ4v) is 8.66. The number of hydrogen-bond donors (Lipinski definition) is 0. The number of alkyl halides is 3. The number of benzene rings is 8. The molecule has 0 fully saturated rings. The van der Waals surface area contributed by atoms with Crippen LogP contribution in [0.1, 0.15) is 5.56 Å². The summed E-state index contributed by atoms with van der Waals surface area (Å²) in [6, 6.07) is 65.3. The minimum atomic E-state index is -4.49. The van der Waals surface area contributed by atoms with Gasteiger partial charge in [0.15, 0.2) is 5.82 Å². The van der Waals surface area contributed by atoms with Gasteiger partial charge >= 0.3 is 6.18 Å². The summed E-state index contributed by atoms with van der Waals surface area (Å²) >= 11 is 0. The molecular formula is C53H33F3N4. The summed E-state index contributed by atoms with van der Waals surface area (Å²) < 4.78 is 47.0. The van der Waals surface area contributed by atoms with Crippen LogP contribution in [0.3, 0.4) is 0 Å². The van der Waals surface area contributed by atoms with Gasteiger partial charge in [-0.3, -0.25) is 0 Å². The van der Waals surface area contributed by atoms with E-state index in [-0.39, 0.29) is 0 Å². The molecule has 0 aliphatic rings. The molecule has 0 radical (unpaired) electrons. The Morgan fingerprint density at radius 1 is 0.350 bits per heavy atom. The van der Waals surface area contributed by atoms with E-state index in [9.17, 15) is 13.2 Å². The summed E-state index contributed by atoms with van der Waals surface area (Å²) in [7, 11) is 0. The molecule has 11 rings (SSSR count). The van der Waals surface area contributed by atoms with Crippen LogP contribution in [0, 0.1) is 0 Å². The lowest BCUT2D eigenvalue weighted by Gasteiger charge is -2.20. The van der Waals surface area contributed by atoms with E-state index in [0.29, 0.717) is 16.7 Å². The zero-order chi connectivity index (χ0) is 40.4. The Bertz CT molecular complexity index is 3310. The predicted octanol–water partition coefficient (Wildman–Crippen LogP) is 14.4. The van der Waals surface area contributed by atoms with Crippen molar-refractivity contribution in [3.63, 3.8) is 0 Å². The maximum absolute atomic E-state index is 14.2. The van der Waals surface area contributed by atoms with E-state index in [2.05, 4.69) is 88.0 Å². The van der Waals surface area contributed by atoms with E-state index >= 15 is 0 Å². The highest BCUT2D eigenvalue weighted by molar-refractivity contribution is 6.11. The molecule has 7 heteroatoms. The second-order valence-electron chi connectivity index (χ2n) is 14.9. The SMILES string of the molecule is FC(F)(F)c1ccc2c(c1)c1ccccc1n2-c1ccc(-c2cc(-c3ccccc3)nc(-c3ccccc3)n2)cc1-c1ccccc1-n1c2ccccc2c2ccccc21. The van der Waals surface area contributed by atoms with Crippen molar-refractivity contribution in [1.29, 1.82) is 0 Å². The number of hydrogen-bond acceptors (Lipinski definition) is 2. The van der Waals surface area contributed by atoms with Crippen molar-refractivity contribution >= 4 is 43.6 Å². The van der Waals surface area contributed by atoms with Crippen molar-refractivity contribution in [1.82, 2.24) is 19.1 Å². The van der Waals surface area contributed by atoms with Gasteiger partial charge in [-0.1, -0.05) is 140 Å². The third-order valence-corrected chi connectivity index (χ3v) is 11.4. The highest BCUT2D eigenvalue weighted by atomic mass is 19.4. The van der Waals surface area contributed by atoms with Gasteiger partial charge < -0.3 is 9.13 Å². The van der Waals surface area contributed by atoms with E-state index in [1.807, 2.05) is 103 Å². The van der Waals surface area contributed by atoms with E-state index in [1.54, 1.807) is 6.07 Å². The van der Waals surface area contributed by atoms with Gasteiger partial charge in [0, 0.05) is 49.4 Å². The Morgan fingerprint density at radius 3 is 1.45 bits per heavy atom. The minimum absolute atomic E-state index is 0.530. The zero-order valence-electron chi connectivity index (χ0n) is 32.0. The summed E-state index contributed by atoms with van der Waals surface area (Å²) in [5.41, 5.74) is 10.8. The molecule has 60 heavy (non-hydrogen) atoms. The van der Waals surface area contributed by atoms with E-state index in [1.165, 1.54) is 12.1 Å². The van der Waals surface area contributed by atoms with Crippen LogP contribution in [-0.2, 0) is 6.18 Å². The van der Waals surface area contributed by atoms with Gasteiger partial charge in [-0.15, -0.1) is 0 Å². The predicted molar refractivity (Wildman–Crippen MR) is 237 cm³/mol.